The summed E-state index contributed by atoms with van der Waals surface area (Å²) in [6, 6.07) is 12.9. The molecule has 0 heterocycles. The fraction of sp³-hybridized carbons (Fsp3) is 0.250. The lowest BCUT2D eigenvalue weighted by molar-refractivity contribution is -0.384. The average Bonchev–Trinajstić information content (AvgIpc) is 2.72. The lowest BCUT2D eigenvalue weighted by Crippen LogP contribution is -2.21. The molecule has 2 rings (SSSR count). The van der Waals surface area contributed by atoms with Crippen LogP contribution in [0.1, 0.15) is 32.3 Å². The van der Waals surface area contributed by atoms with E-state index in [9.17, 15) is 19.7 Å². The number of hydrazone groups is 1. The van der Waals surface area contributed by atoms with Crippen molar-refractivity contribution in [3.8, 4) is 5.75 Å². The van der Waals surface area contributed by atoms with Gasteiger partial charge in [-0.25, -0.2) is 5.43 Å². The van der Waals surface area contributed by atoms with Gasteiger partial charge in [0.1, 0.15) is 5.75 Å². The number of carbonyl (C=O) groups is 2. The molecule has 0 spiro atoms. The third-order valence-electron chi connectivity index (χ3n) is 3.85. The summed E-state index contributed by atoms with van der Waals surface area (Å²) < 4.78 is 5.33. The minimum atomic E-state index is -0.502. The molecule has 0 atom stereocenters. The summed E-state index contributed by atoms with van der Waals surface area (Å²) in [6.45, 7) is 4.07. The van der Waals surface area contributed by atoms with Gasteiger partial charge in [-0.2, -0.15) is 5.10 Å². The van der Waals surface area contributed by atoms with Crippen LogP contribution in [-0.4, -0.2) is 29.1 Å². The van der Waals surface area contributed by atoms with E-state index in [4.69, 9.17) is 4.74 Å². The lowest BCUT2D eigenvalue weighted by atomic mass is 10.1. The summed E-state index contributed by atoms with van der Waals surface area (Å²) in [4.78, 5) is 34.2. The molecule has 0 fully saturated rings. The van der Waals surface area contributed by atoms with E-state index in [0.29, 0.717) is 29.3 Å². The highest BCUT2D eigenvalue weighted by molar-refractivity contribution is 6.00. The molecule has 2 N–H and O–H groups in total. The fourth-order valence-electron chi connectivity index (χ4n) is 2.36. The highest BCUT2D eigenvalue weighted by Crippen LogP contribution is 2.16. The van der Waals surface area contributed by atoms with Crippen LogP contribution in [-0.2, 0) is 9.59 Å². The molecule has 0 aliphatic rings. The number of rotatable bonds is 9. The number of nitrogens with one attached hydrogen (secondary N) is 2. The van der Waals surface area contributed by atoms with Crippen LogP contribution in [0.4, 0.5) is 11.4 Å². The highest BCUT2D eigenvalue weighted by Gasteiger charge is 2.09. The van der Waals surface area contributed by atoms with E-state index in [1.807, 2.05) is 6.92 Å². The van der Waals surface area contributed by atoms with Crippen LogP contribution in [0, 0.1) is 10.1 Å². The first-order valence-corrected chi connectivity index (χ1v) is 8.99. The number of anilines is 1. The van der Waals surface area contributed by atoms with Gasteiger partial charge in [-0.3, -0.25) is 19.7 Å². The van der Waals surface area contributed by atoms with Crippen molar-refractivity contribution in [1.82, 2.24) is 5.43 Å². The Labute approximate surface area is 167 Å². The van der Waals surface area contributed by atoms with Crippen LogP contribution >= 0.6 is 0 Å². The SMILES string of the molecule is CCOc1ccc(NC(=O)CCC(=O)N/N=C(\C)c2cccc([N+](=O)[O-])c2)cc1. The summed E-state index contributed by atoms with van der Waals surface area (Å²) >= 11 is 0. The normalized spacial score (nSPS) is 10.9. The van der Waals surface area contributed by atoms with Gasteiger partial charge in [-0.1, -0.05) is 12.1 Å². The summed E-state index contributed by atoms with van der Waals surface area (Å²) in [5.41, 5.74) is 3.84. The van der Waals surface area contributed by atoms with Gasteiger partial charge in [-0.15, -0.1) is 0 Å². The second-order valence-electron chi connectivity index (χ2n) is 6.05. The van der Waals surface area contributed by atoms with Crippen molar-refractivity contribution in [1.29, 1.82) is 0 Å². The molecule has 0 radical (unpaired) electrons. The van der Waals surface area contributed by atoms with Crippen molar-refractivity contribution < 1.29 is 19.2 Å². The maximum absolute atomic E-state index is 12.0. The molecular formula is C20H22N4O5. The van der Waals surface area contributed by atoms with Crippen LogP contribution in [0.25, 0.3) is 0 Å². The second kappa shape index (κ2) is 10.5. The van der Waals surface area contributed by atoms with Crippen LogP contribution in [0.5, 0.6) is 5.75 Å². The van der Waals surface area contributed by atoms with Crippen molar-refractivity contribution in [3.63, 3.8) is 0 Å². The van der Waals surface area contributed by atoms with Crippen molar-refractivity contribution in [3.05, 3.63) is 64.2 Å². The Morgan fingerprint density at radius 1 is 1.10 bits per heavy atom. The maximum Gasteiger partial charge on any atom is 0.270 e. The average molecular weight is 398 g/mol. The first-order chi connectivity index (χ1) is 13.9. The van der Waals surface area contributed by atoms with Crippen molar-refractivity contribution in [2.45, 2.75) is 26.7 Å². The molecule has 2 aromatic carbocycles. The first kappa shape index (κ1) is 21.5. The molecule has 2 aromatic rings. The van der Waals surface area contributed by atoms with E-state index >= 15 is 0 Å². The van der Waals surface area contributed by atoms with Gasteiger partial charge in [0.05, 0.1) is 17.2 Å². The van der Waals surface area contributed by atoms with Gasteiger partial charge in [0.2, 0.25) is 11.8 Å². The monoisotopic (exact) mass is 398 g/mol. The minimum absolute atomic E-state index is 0.00950. The van der Waals surface area contributed by atoms with Gasteiger partial charge in [0, 0.05) is 36.2 Å². The molecule has 9 heteroatoms. The van der Waals surface area contributed by atoms with Crippen molar-refractivity contribution >= 4 is 28.9 Å². The smallest absolute Gasteiger partial charge is 0.270 e. The van der Waals surface area contributed by atoms with E-state index in [2.05, 4.69) is 15.8 Å². The van der Waals surface area contributed by atoms with Gasteiger partial charge in [0.25, 0.3) is 5.69 Å². The van der Waals surface area contributed by atoms with Crippen LogP contribution < -0.4 is 15.5 Å². The topological polar surface area (TPSA) is 123 Å². The maximum atomic E-state index is 12.0. The molecule has 0 saturated heterocycles. The summed E-state index contributed by atoms with van der Waals surface area (Å²) in [6.07, 6.45) is -0.0565. The molecular weight excluding hydrogens is 376 g/mol. The number of ether oxygens (including phenoxy) is 1. The van der Waals surface area contributed by atoms with E-state index in [1.54, 1.807) is 43.3 Å². The van der Waals surface area contributed by atoms with Gasteiger partial charge < -0.3 is 10.1 Å². The highest BCUT2D eigenvalue weighted by atomic mass is 16.6. The summed E-state index contributed by atoms with van der Waals surface area (Å²) in [5, 5.41) is 17.5. The van der Waals surface area contributed by atoms with Crippen molar-refractivity contribution in [2.75, 3.05) is 11.9 Å². The Bertz CT molecular complexity index is 909. The lowest BCUT2D eigenvalue weighted by Gasteiger charge is -2.07. The zero-order valence-corrected chi connectivity index (χ0v) is 16.2. The predicted molar refractivity (Wildman–Crippen MR) is 109 cm³/mol. The number of hydrogen-bond donors (Lipinski definition) is 2. The van der Waals surface area contributed by atoms with Gasteiger partial charge in [0.15, 0.2) is 0 Å². The number of hydrogen-bond acceptors (Lipinski definition) is 6. The molecule has 0 aromatic heterocycles. The number of carbonyl (C=O) groups excluding carboxylic acids is 2. The number of nitro benzene ring substituents is 1. The van der Waals surface area contributed by atoms with Gasteiger partial charge >= 0.3 is 0 Å². The zero-order valence-electron chi connectivity index (χ0n) is 16.2. The largest absolute Gasteiger partial charge is 0.494 e. The molecule has 0 unspecified atom stereocenters. The van der Waals surface area contributed by atoms with E-state index in [0.717, 1.165) is 0 Å². The molecule has 2 amide bonds. The van der Waals surface area contributed by atoms with Crippen molar-refractivity contribution in [2.24, 2.45) is 5.10 Å². The Morgan fingerprint density at radius 3 is 2.45 bits per heavy atom. The molecule has 0 bridgehead atoms. The Kier molecular flexibility index (Phi) is 7.84. The standard InChI is InChI=1S/C20H22N4O5/c1-3-29-18-9-7-16(8-10-18)21-19(25)11-12-20(26)23-22-14(2)15-5-4-6-17(13-15)24(27)28/h4-10,13H,3,11-12H2,1-2H3,(H,21,25)(H,23,26)/b22-14+. The summed E-state index contributed by atoms with van der Waals surface area (Å²) in [7, 11) is 0. The molecule has 0 aliphatic carbocycles. The van der Waals surface area contributed by atoms with Crippen LogP contribution in [0.2, 0.25) is 0 Å². The minimum Gasteiger partial charge on any atom is -0.494 e. The number of benzene rings is 2. The van der Waals surface area contributed by atoms with E-state index in [1.165, 1.54) is 12.1 Å². The third-order valence-corrected chi connectivity index (χ3v) is 3.85. The molecule has 0 aliphatic heterocycles. The zero-order chi connectivity index (χ0) is 21.2. The fourth-order valence-corrected chi connectivity index (χ4v) is 2.36. The Morgan fingerprint density at radius 2 is 1.79 bits per heavy atom. The van der Waals surface area contributed by atoms with E-state index < -0.39 is 10.8 Å². The van der Waals surface area contributed by atoms with E-state index in [-0.39, 0.29) is 24.4 Å². The molecule has 9 nitrogen and oxygen atoms in total. The molecule has 29 heavy (non-hydrogen) atoms. The predicted octanol–water partition coefficient (Wildman–Crippen LogP) is 3.25. The number of nitro groups is 1. The first-order valence-electron chi connectivity index (χ1n) is 8.99. The third kappa shape index (κ3) is 7.06. The number of nitrogens with zero attached hydrogens (tertiary/aromatic N) is 2. The molecule has 0 saturated carbocycles. The van der Waals surface area contributed by atoms with Crippen LogP contribution in [0.15, 0.2) is 53.6 Å². The summed E-state index contributed by atoms with van der Waals surface area (Å²) in [5.74, 6) is -0.0258. The van der Waals surface area contributed by atoms with Crippen LogP contribution in [0.3, 0.4) is 0 Å². The number of non-ortho nitro benzene ring substituents is 1. The number of amides is 2. The molecule has 152 valence electrons. The Balaban J connectivity index is 1.81. The second-order valence-corrected chi connectivity index (χ2v) is 6.05. The quantitative estimate of drug-likeness (QED) is 0.381. The van der Waals surface area contributed by atoms with Gasteiger partial charge in [-0.05, 0) is 38.1 Å². The Hall–Kier alpha value is -3.75.